The van der Waals surface area contributed by atoms with Crippen LogP contribution in [0.4, 0.5) is 0 Å². The molecule has 0 fully saturated rings. The van der Waals surface area contributed by atoms with E-state index in [1.165, 1.54) is 4.88 Å². The topological polar surface area (TPSA) is 81.8 Å². The van der Waals surface area contributed by atoms with Gasteiger partial charge in [-0.3, -0.25) is 0 Å². The van der Waals surface area contributed by atoms with E-state index in [0.29, 0.717) is 31.9 Å². The van der Waals surface area contributed by atoms with Crippen molar-refractivity contribution < 1.29 is 23.8 Å². The first-order valence-corrected chi connectivity index (χ1v) is 10.4. The molecular formula is C22H25NO5S. The Balaban J connectivity index is 1.53. The number of nitrogens with zero attached hydrogens (tertiary/aromatic N) is 1. The lowest BCUT2D eigenvalue weighted by atomic mass is 10.1. The van der Waals surface area contributed by atoms with E-state index in [-0.39, 0.29) is 0 Å². The van der Waals surface area contributed by atoms with Crippen molar-refractivity contribution in [2.24, 2.45) is 0 Å². The molecule has 0 amide bonds. The Morgan fingerprint density at radius 1 is 1.21 bits per heavy atom. The van der Waals surface area contributed by atoms with Crippen molar-refractivity contribution in [3.05, 3.63) is 58.3 Å². The van der Waals surface area contributed by atoms with Gasteiger partial charge >= 0.3 is 5.97 Å². The second kappa shape index (κ2) is 9.71. The Labute approximate surface area is 174 Å². The highest BCUT2D eigenvalue weighted by Crippen LogP contribution is 2.28. The minimum absolute atomic E-state index is 0.326. The van der Waals surface area contributed by atoms with Crippen LogP contribution in [-0.2, 0) is 22.4 Å². The first kappa shape index (κ1) is 21.1. The first-order valence-electron chi connectivity index (χ1n) is 9.55. The highest BCUT2D eigenvalue weighted by atomic mass is 32.1. The van der Waals surface area contributed by atoms with Crippen LogP contribution >= 0.6 is 11.3 Å². The summed E-state index contributed by atoms with van der Waals surface area (Å²) in [5, 5.41) is 9.18. The molecule has 2 heterocycles. The number of aryl methyl sites for hydroxylation is 2. The standard InChI is InChI=1S/C22H25NO5S/c1-4-26-19(22(24)25)13-16-6-8-17(9-7-16)27-12-11-18-15(3)28-21(23-18)20-10-5-14(2)29-20/h5-10,19H,4,11-13H2,1-3H3,(H,24,25)/t19-/m1/s1. The molecule has 1 N–H and O–H groups in total. The largest absolute Gasteiger partial charge is 0.493 e. The summed E-state index contributed by atoms with van der Waals surface area (Å²) in [6, 6.07) is 11.5. The molecule has 3 aromatic rings. The fraction of sp³-hybridized carbons (Fsp3) is 0.364. The van der Waals surface area contributed by atoms with E-state index in [0.717, 1.165) is 27.6 Å². The number of aromatic nitrogens is 1. The Hall–Kier alpha value is -2.64. The van der Waals surface area contributed by atoms with Gasteiger partial charge in [0, 0.05) is 24.3 Å². The number of hydrogen-bond donors (Lipinski definition) is 1. The van der Waals surface area contributed by atoms with Crippen molar-refractivity contribution in [2.45, 2.75) is 39.7 Å². The SMILES string of the molecule is CCO[C@H](Cc1ccc(OCCc2nc(-c3ccc(C)s3)oc2C)cc1)C(=O)O. The number of carboxylic acid groups (broad SMARTS) is 1. The van der Waals surface area contributed by atoms with Crippen LogP contribution in [0.5, 0.6) is 5.75 Å². The maximum atomic E-state index is 11.2. The highest BCUT2D eigenvalue weighted by Gasteiger charge is 2.18. The Kier molecular flexibility index (Phi) is 7.06. The maximum absolute atomic E-state index is 11.2. The summed E-state index contributed by atoms with van der Waals surface area (Å²) >= 11 is 1.66. The Morgan fingerprint density at radius 3 is 2.59 bits per heavy atom. The van der Waals surface area contributed by atoms with Gasteiger partial charge in [-0.05, 0) is 50.6 Å². The predicted molar refractivity (Wildman–Crippen MR) is 112 cm³/mol. The van der Waals surface area contributed by atoms with Crippen LogP contribution in [0.25, 0.3) is 10.8 Å². The molecule has 0 spiro atoms. The van der Waals surface area contributed by atoms with Crippen molar-refractivity contribution in [1.82, 2.24) is 4.98 Å². The Morgan fingerprint density at radius 2 is 1.97 bits per heavy atom. The van der Waals surface area contributed by atoms with Crippen LogP contribution in [0.15, 0.2) is 40.8 Å². The number of benzene rings is 1. The van der Waals surface area contributed by atoms with Gasteiger partial charge in [0.25, 0.3) is 0 Å². The molecule has 0 aliphatic rings. The van der Waals surface area contributed by atoms with Gasteiger partial charge in [-0.1, -0.05) is 12.1 Å². The van der Waals surface area contributed by atoms with Crippen molar-refractivity contribution >= 4 is 17.3 Å². The molecule has 0 aliphatic heterocycles. The van der Waals surface area contributed by atoms with E-state index in [1.807, 2.05) is 37.3 Å². The summed E-state index contributed by atoms with van der Waals surface area (Å²) in [6.45, 7) is 6.61. The fourth-order valence-electron chi connectivity index (χ4n) is 2.93. The molecule has 29 heavy (non-hydrogen) atoms. The van der Waals surface area contributed by atoms with Gasteiger partial charge in [-0.25, -0.2) is 9.78 Å². The fourth-order valence-corrected chi connectivity index (χ4v) is 3.73. The maximum Gasteiger partial charge on any atom is 0.333 e. The molecule has 7 heteroatoms. The number of oxazole rings is 1. The monoisotopic (exact) mass is 415 g/mol. The number of carbonyl (C=O) groups is 1. The minimum atomic E-state index is -0.952. The van der Waals surface area contributed by atoms with Crippen LogP contribution in [-0.4, -0.2) is 35.4 Å². The van der Waals surface area contributed by atoms with E-state index >= 15 is 0 Å². The van der Waals surface area contributed by atoms with E-state index in [9.17, 15) is 9.90 Å². The molecule has 0 saturated heterocycles. The summed E-state index contributed by atoms with van der Waals surface area (Å²) < 4.78 is 16.9. The molecule has 0 saturated carbocycles. The van der Waals surface area contributed by atoms with Crippen molar-refractivity contribution in [3.8, 4) is 16.5 Å². The summed E-state index contributed by atoms with van der Waals surface area (Å²) in [5.74, 6) is 1.24. The average Bonchev–Trinajstić information content (AvgIpc) is 3.28. The summed E-state index contributed by atoms with van der Waals surface area (Å²) in [5.41, 5.74) is 1.78. The van der Waals surface area contributed by atoms with Gasteiger partial charge in [0.1, 0.15) is 11.5 Å². The van der Waals surface area contributed by atoms with Gasteiger partial charge in [-0.15, -0.1) is 11.3 Å². The molecule has 2 aromatic heterocycles. The first-order chi connectivity index (χ1) is 14.0. The molecule has 0 bridgehead atoms. The highest BCUT2D eigenvalue weighted by molar-refractivity contribution is 7.15. The number of hydrogen-bond acceptors (Lipinski definition) is 6. The van der Waals surface area contributed by atoms with E-state index in [2.05, 4.69) is 18.0 Å². The van der Waals surface area contributed by atoms with Crippen LogP contribution in [0, 0.1) is 13.8 Å². The number of thiophene rings is 1. The minimum Gasteiger partial charge on any atom is -0.493 e. The molecule has 6 nitrogen and oxygen atoms in total. The number of carboxylic acids is 1. The normalized spacial score (nSPS) is 12.1. The summed E-state index contributed by atoms with van der Waals surface area (Å²) in [4.78, 5) is 18.0. The number of ether oxygens (including phenoxy) is 2. The third-order valence-corrected chi connectivity index (χ3v) is 5.43. The quantitative estimate of drug-likeness (QED) is 0.518. The average molecular weight is 416 g/mol. The van der Waals surface area contributed by atoms with Gasteiger partial charge < -0.3 is 19.0 Å². The summed E-state index contributed by atoms with van der Waals surface area (Å²) in [6.07, 6.45) is 0.141. The molecule has 0 unspecified atom stereocenters. The predicted octanol–water partition coefficient (Wildman–Crippen LogP) is 4.67. The molecule has 0 radical (unpaired) electrons. The lowest BCUT2D eigenvalue weighted by Crippen LogP contribution is -2.26. The lowest BCUT2D eigenvalue weighted by Gasteiger charge is -2.12. The van der Waals surface area contributed by atoms with Crippen LogP contribution in [0.2, 0.25) is 0 Å². The molecule has 1 atom stereocenters. The molecule has 154 valence electrons. The molecular weight excluding hydrogens is 390 g/mol. The molecule has 0 aliphatic carbocycles. The van der Waals surface area contributed by atoms with E-state index < -0.39 is 12.1 Å². The molecule has 3 rings (SSSR count). The Bertz CT molecular complexity index is 945. The second-order valence-corrected chi connectivity index (χ2v) is 7.95. The van der Waals surface area contributed by atoms with E-state index in [4.69, 9.17) is 13.9 Å². The van der Waals surface area contributed by atoms with Gasteiger partial charge in [0.05, 0.1) is 17.2 Å². The van der Waals surface area contributed by atoms with Crippen molar-refractivity contribution in [1.29, 1.82) is 0 Å². The molecule has 1 aromatic carbocycles. The third kappa shape index (κ3) is 5.68. The van der Waals surface area contributed by atoms with Crippen LogP contribution in [0.3, 0.4) is 0 Å². The van der Waals surface area contributed by atoms with E-state index in [1.54, 1.807) is 18.3 Å². The van der Waals surface area contributed by atoms with Crippen LogP contribution in [0.1, 0.15) is 28.8 Å². The van der Waals surface area contributed by atoms with Gasteiger partial charge in [0.15, 0.2) is 6.10 Å². The second-order valence-electron chi connectivity index (χ2n) is 6.66. The van der Waals surface area contributed by atoms with Crippen LogP contribution < -0.4 is 4.74 Å². The number of rotatable bonds is 10. The zero-order valence-corrected chi connectivity index (χ0v) is 17.6. The summed E-state index contributed by atoms with van der Waals surface area (Å²) in [7, 11) is 0. The zero-order valence-electron chi connectivity index (χ0n) is 16.8. The van der Waals surface area contributed by atoms with Crippen molar-refractivity contribution in [2.75, 3.05) is 13.2 Å². The van der Waals surface area contributed by atoms with Gasteiger partial charge in [-0.2, -0.15) is 0 Å². The van der Waals surface area contributed by atoms with Gasteiger partial charge in [0.2, 0.25) is 5.89 Å². The number of aliphatic carboxylic acids is 1. The third-order valence-electron chi connectivity index (χ3n) is 4.44. The van der Waals surface area contributed by atoms with Crippen molar-refractivity contribution in [3.63, 3.8) is 0 Å². The zero-order chi connectivity index (χ0) is 20.8. The smallest absolute Gasteiger partial charge is 0.333 e. The lowest BCUT2D eigenvalue weighted by molar-refractivity contribution is -0.149.